The van der Waals surface area contributed by atoms with Crippen molar-refractivity contribution in [1.82, 2.24) is 15.1 Å². The van der Waals surface area contributed by atoms with Crippen molar-refractivity contribution >= 4 is 21.8 Å². The summed E-state index contributed by atoms with van der Waals surface area (Å²) in [7, 11) is 1.62. The maximum Gasteiger partial charge on any atom is 0.251 e. The quantitative estimate of drug-likeness (QED) is 0.460. The van der Waals surface area contributed by atoms with Gasteiger partial charge in [-0.15, -0.1) is 0 Å². The van der Waals surface area contributed by atoms with E-state index in [1.165, 1.54) is 0 Å². The van der Waals surface area contributed by atoms with Crippen molar-refractivity contribution in [2.24, 2.45) is 0 Å². The van der Waals surface area contributed by atoms with Crippen LogP contribution in [0.5, 0.6) is 11.5 Å². The molecule has 7 heteroatoms. The molecule has 1 heterocycles. The lowest BCUT2D eigenvalue weighted by Gasteiger charge is -2.14. The number of carbonyl (C=O) groups excluding carboxylic acids is 1. The van der Waals surface area contributed by atoms with Crippen LogP contribution in [0.1, 0.15) is 33.5 Å². The van der Waals surface area contributed by atoms with Crippen LogP contribution in [0.25, 0.3) is 0 Å². The normalized spacial score (nSPS) is 10.7. The van der Waals surface area contributed by atoms with Gasteiger partial charge in [0.1, 0.15) is 18.1 Å². The van der Waals surface area contributed by atoms with E-state index in [0.717, 1.165) is 39.9 Å². The van der Waals surface area contributed by atoms with E-state index < -0.39 is 0 Å². The second kappa shape index (κ2) is 10.3. The molecule has 158 valence electrons. The van der Waals surface area contributed by atoms with Crippen LogP contribution in [0.15, 0.2) is 53.3 Å². The van der Waals surface area contributed by atoms with Gasteiger partial charge in [0.15, 0.2) is 0 Å². The Morgan fingerprint density at radius 1 is 1.17 bits per heavy atom. The number of aryl methyl sites for hydroxylation is 3. The first kappa shape index (κ1) is 21.9. The molecule has 0 saturated heterocycles. The Labute approximate surface area is 185 Å². The second-order valence-corrected chi connectivity index (χ2v) is 8.03. The molecule has 3 aromatic rings. The highest BCUT2D eigenvalue weighted by Gasteiger charge is 2.11. The largest absolute Gasteiger partial charge is 0.496 e. The molecular weight excluding hydrogens is 446 g/mol. The summed E-state index contributed by atoms with van der Waals surface area (Å²) >= 11 is 3.37. The molecule has 0 unspecified atom stereocenters. The highest BCUT2D eigenvalue weighted by atomic mass is 79.9. The molecule has 1 N–H and O–H groups in total. The van der Waals surface area contributed by atoms with E-state index in [9.17, 15) is 4.79 Å². The molecule has 1 amide bonds. The minimum atomic E-state index is -0.118. The fourth-order valence-corrected chi connectivity index (χ4v) is 3.38. The van der Waals surface area contributed by atoms with Gasteiger partial charge in [0.05, 0.1) is 17.8 Å². The molecule has 0 aliphatic carbocycles. The van der Waals surface area contributed by atoms with Crippen molar-refractivity contribution in [2.45, 2.75) is 33.4 Å². The number of hydrogen-bond donors (Lipinski definition) is 1. The van der Waals surface area contributed by atoms with Gasteiger partial charge in [0.25, 0.3) is 5.91 Å². The number of nitrogens with zero attached hydrogens (tertiary/aromatic N) is 2. The summed E-state index contributed by atoms with van der Waals surface area (Å²) in [6.07, 6.45) is 4.45. The summed E-state index contributed by atoms with van der Waals surface area (Å²) in [4.78, 5) is 12.6. The van der Waals surface area contributed by atoms with E-state index in [2.05, 4.69) is 32.4 Å². The lowest BCUT2D eigenvalue weighted by Crippen LogP contribution is -2.25. The van der Waals surface area contributed by atoms with E-state index in [4.69, 9.17) is 9.47 Å². The molecule has 0 aliphatic heterocycles. The van der Waals surface area contributed by atoms with Crippen molar-refractivity contribution in [1.29, 1.82) is 0 Å². The zero-order valence-electron chi connectivity index (χ0n) is 17.4. The smallest absolute Gasteiger partial charge is 0.251 e. The Hall–Kier alpha value is -2.80. The summed E-state index contributed by atoms with van der Waals surface area (Å²) in [5, 5.41) is 7.17. The molecule has 0 spiro atoms. The first-order chi connectivity index (χ1) is 14.5. The maximum atomic E-state index is 12.6. The molecule has 0 atom stereocenters. The molecular formula is C23H26BrN3O3. The number of rotatable bonds is 9. The topological polar surface area (TPSA) is 65.4 Å². The van der Waals surface area contributed by atoms with E-state index >= 15 is 0 Å². The van der Waals surface area contributed by atoms with Crippen molar-refractivity contribution < 1.29 is 14.3 Å². The van der Waals surface area contributed by atoms with Crippen molar-refractivity contribution in [3.05, 3.63) is 75.5 Å². The lowest BCUT2D eigenvalue weighted by molar-refractivity contribution is 0.0952. The number of carbonyl (C=O) groups is 1. The zero-order valence-corrected chi connectivity index (χ0v) is 19.0. The molecule has 6 nitrogen and oxygen atoms in total. The average Bonchev–Trinajstić information content (AvgIpc) is 3.16. The zero-order chi connectivity index (χ0) is 21.5. The SMILES string of the molecule is COc1ccc(C(=O)NCCCn2cc(Br)cn2)cc1COc1cc(C)ccc1C. The van der Waals surface area contributed by atoms with Crippen LogP contribution in [-0.2, 0) is 13.2 Å². The minimum absolute atomic E-state index is 0.118. The van der Waals surface area contributed by atoms with Crippen LogP contribution in [-0.4, -0.2) is 29.3 Å². The Bertz CT molecular complexity index is 1020. The van der Waals surface area contributed by atoms with Gasteiger partial charge in [-0.25, -0.2) is 0 Å². The van der Waals surface area contributed by atoms with Crippen molar-refractivity contribution in [2.75, 3.05) is 13.7 Å². The van der Waals surface area contributed by atoms with Gasteiger partial charge in [-0.1, -0.05) is 12.1 Å². The van der Waals surface area contributed by atoms with Gasteiger partial charge in [0.2, 0.25) is 0 Å². The van der Waals surface area contributed by atoms with Gasteiger partial charge < -0.3 is 14.8 Å². The highest BCUT2D eigenvalue weighted by molar-refractivity contribution is 9.10. The number of methoxy groups -OCH3 is 1. The van der Waals surface area contributed by atoms with Gasteiger partial charge >= 0.3 is 0 Å². The molecule has 3 rings (SSSR count). The number of halogens is 1. The third-order valence-corrected chi connectivity index (χ3v) is 5.13. The number of hydrogen-bond acceptors (Lipinski definition) is 4. The molecule has 0 fully saturated rings. The Kier molecular flexibility index (Phi) is 7.52. The van der Waals surface area contributed by atoms with E-state index in [0.29, 0.717) is 24.5 Å². The standard InChI is InChI=1S/C23H26BrN3O3/c1-16-5-6-17(2)22(11-16)30-15-19-12-18(7-8-21(19)29-3)23(28)25-9-4-10-27-14-20(24)13-26-27/h5-8,11-14H,4,9-10,15H2,1-3H3,(H,25,28). The third-order valence-electron chi connectivity index (χ3n) is 4.72. The van der Waals surface area contributed by atoms with Crippen LogP contribution in [0, 0.1) is 13.8 Å². The van der Waals surface area contributed by atoms with Crippen LogP contribution >= 0.6 is 15.9 Å². The number of aromatic nitrogens is 2. The Balaban J connectivity index is 1.59. The first-order valence-electron chi connectivity index (χ1n) is 9.79. The number of ether oxygens (including phenoxy) is 2. The Morgan fingerprint density at radius 3 is 2.73 bits per heavy atom. The van der Waals surface area contributed by atoms with Crippen LogP contribution < -0.4 is 14.8 Å². The van der Waals surface area contributed by atoms with E-state index in [-0.39, 0.29) is 5.91 Å². The predicted octanol–water partition coefficient (Wildman–Crippen LogP) is 4.67. The molecule has 0 bridgehead atoms. The number of benzene rings is 2. The summed E-state index contributed by atoms with van der Waals surface area (Å²) in [6.45, 7) is 5.67. The van der Waals surface area contributed by atoms with E-state index in [1.54, 1.807) is 25.4 Å². The average molecular weight is 472 g/mol. The van der Waals surface area contributed by atoms with Gasteiger partial charge in [-0.3, -0.25) is 9.48 Å². The lowest BCUT2D eigenvalue weighted by atomic mass is 10.1. The molecule has 1 aromatic heterocycles. The molecule has 0 saturated carbocycles. The van der Waals surface area contributed by atoms with Gasteiger partial charge in [-0.2, -0.15) is 5.10 Å². The minimum Gasteiger partial charge on any atom is -0.496 e. The predicted molar refractivity (Wildman–Crippen MR) is 120 cm³/mol. The van der Waals surface area contributed by atoms with Gasteiger partial charge in [-0.05, 0) is 71.6 Å². The molecule has 30 heavy (non-hydrogen) atoms. The fraction of sp³-hybridized carbons (Fsp3) is 0.304. The van der Waals surface area contributed by atoms with Gasteiger partial charge in [0, 0.05) is 30.4 Å². The number of amides is 1. The van der Waals surface area contributed by atoms with Crippen LogP contribution in [0.3, 0.4) is 0 Å². The highest BCUT2D eigenvalue weighted by Crippen LogP contribution is 2.25. The van der Waals surface area contributed by atoms with E-state index in [1.807, 2.05) is 42.9 Å². The summed E-state index contributed by atoms with van der Waals surface area (Å²) in [5.74, 6) is 1.41. The maximum absolute atomic E-state index is 12.6. The fourth-order valence-electron chi connectivity index (χ4n) is 3.06. The first-order valence-corrected chi connectivity index (χ1v) is 10.6. The summed E-state index contributed by atoms with van der Waals surface area (Å²) < 4.78 is 14.2. The molecule has 2 aromatic carbocycles. The summed E-state index contributed by atoms with van der Waals surface area (Å²) in [5.41, 5.74) is 3.61. The summed E-state index contributed by atoms with van der Waals surface area (Å²) in [6, 6.07) is 11.5. The third kappa shape index (κ3) is 5.86. The van der Waals surface area contributed by atoms with Crippen molar-refractivity contribution in [3.8, 4) is 11.5 Å². The van der Waals surface area contributed by atoms with Crippen LogP contribution in [0.4, 0.5) is 0 Å². The Morgan fingerprint density at radius 2 is 2.00 bits per heavy atom. The molecule has 0 aliphatic rings. The second-order valence-electron chi connectivity index (χ2n) is 7.12. The molecule has 0 radical (unpaired) electrons. The van der Waals surface area contributed by atoms with Crippen molar-refractivity contribution in [3.63, 3.8) is 0 Å². The number of nitrogens with one attached hydrogen (secondary N) is 1. The van der Waals surface area contributed by atoms with Crippen LogP contribution in [0.2, 0.25) is 0 Å². The monoisotopic (exact) mass is 471 g/mol.